The molecule has 1 aliphatic heterocycles. The number of carbonyl (C=O) groups is 1. The predicted molar refractivity (Wildman–Crippen MR) is 81.3 cm³/mol. The molecule has 2 atom stereocenters. The molecule has 1 aromatic carbocycles. The Bertz CT molecular complexity index is 461. The third-order valence-electron chi connectivity index (χ3n) is 3.63. The third-order valence-corrected chi connectivity index (χ3v) is 3.63. The van der Waals surface area contributed by atoms with Crippen molar-refractivity contribution < 1.29 is 14.3 Å². The lowest BCUT2D eigenvalue weighted by atomic mass is 10.1. The number of esters is 1. The van der Waals surface area contributed by atoms with Crippen LogP contribution in [-0.4, -0.2) is 49.8 Å². The highest BCUT2D eigenvalue weighted by Crippen LogP contribution is 2.16. The summed E-state index contributed by atoms with van der Waals surface area (Å²) in [6.45, 7) is 8.01. The van der Waals surface area contributed by atoms with Crippen molar-refractivity contribution in [2.24, 2.45) is 0 Å². The van der Waals surface area contributed by atoms with Crippen LogP contribution in [-0.2, 0) is 16.1 Å². The number of nitrogens with one attached hydrogen (secondary N) is 1. The maximum Gasteiger partial charge on any atom is 0.346 e. The number of ether oxygens (including phenoxy) is 2. The molecule has 0 bridgehead atoms. The second-order valence-corrected chi connectivity index (χ2v) is 5.52. The molecule has 5 heteroatoms. The SMILES string of the molecule is COC(=O)C(C)Oc1ccc(CN2CCN[C@H](C)C2)cc1. The minimum atomic E-state index is -0.588. The lowest BCUT2D eigenvalue weighted by Gasteiger charge is -2.31. The van der Waals surface area contributed by atoms with E-state index >= 15 is 0 Å². The molecule has 1 unspecified atom stereocenters. The molecule has 0 aliphatic carbocycles. The second kappa shape index (κ2) is 7.43. The minimum absolute atomic E-state index is 0.367. The molecule has 116 valence electrons. The summed E-state index contributed by atoms with van der Waals surface area (Å²) in [5, 5.41) is 3.44. The first kappa shape index (κ1) is 15.8. The number of hydrogen-bond donors (Lipinski definition) is 1. The van der Waals surface area contributed by atoms with Crippen molar-refractivity contribution in [3.8, 4) is 5.75 Å². The fraction of sp³-hybridized carbons (Fsp3) is 0.562. The molecule has 0 spiro atoms. The molecular weight excluding hydrogens is 268 g/mol. The standard InChI is InChI=1S/C16H24N2O3/c1-12-10-18(9-8-17-12)11-14-4-6-15(7-5-14)21-13(2)16(19)20-3/h4-7,12-13,17H,8-11H2,1-3H3/t12-,13?/m1/s1. The molecule has 1 N–H and O–H groups in total. The summed E-state index contributed by atoms with van der Waals surface area (Å²) >= 11 is 0. The van der Waals surface area contributed by atoms with E-state index in [1.807, 2.05) is 24.3 Å². The van der Waals surface area contributed by atoms with E-state index in [2.05, 4.69) is 21.9 Å². The van der Waals surface area contributed by atoms with E-state index in [-0.39, 0.29) is 5.97 Å². The van der Waals surface area contributed by atoms with Gasteiger partial charge in [0.15, 0.2) is 6.10 Å². The molecule has 1 heterocycles. The normalized spacial score (nSPS) is 20.8. The zero-order valence-corrected chi connectivity index (χ0v) is 13.0. The molecule has 0 aromatic heterocycles. The first-order valence-electron chi connectivity index (χ1n) is 7.37. The summed E-state index contributed by atoms with van der Waals surface area (Å²) < 4.78 is 10.2. The maximum atomic E-state index is 11.3. The largest absolute Gasteiger partial charge is 0.479 e. The molecule has 1 fully saturated rings. The predicted octanol–water partition coefficient (Wildman–Crippen LogP) is 1.42. The summed E-state index contributed by atoms with van der Waals surface area (Å²) in [7, 11) is 1.36. The molecule has 0 saturated carbocycles. The highest BCUT2D eigenvalue weighted by Gasteiger charge is 2.16. The molecule has 21 heavy (non-hydrogen) atoms. The van der Waals surface area contributed by atoms with Crippen LogP contribution in [0.2, 0.25) is 0 Å². The van der Waals surface area contributed by atoms with Crippen LogP contribution >= 0.6 is 0 Å². The van der Waals surface area contributed by atoms with Gasteiger partial charge in [-0.15, -0.1) is 0 Å². The van der Waals surface area contributed by atoms with E-state index in [0.717, 1.165) is 26.2 Å². The van der Waals surface area contributed by atoms with Crippen molar-refractivity contribution in [1.82, 2.24) is 10.2 Å². The summed E-state index contributed by atoms with van der Waals surface area (Å²) in [6.07, 6.45) is -0.588. The van der Waals surface area contributed by atoms with Gasteiger partial charge in [0.2, 0.25) is 0 Å². The van der Waals surface area contributed by atoms with Crippen LogP contribution in [0, 0.1) is 0 Å². The Morgan fingerprint density at radius 1 is 1.43 bits per heavy atom. The third kappa shape index (κ3) is 4.72. The Hall–Kier alpha value is -1.59. The van der Waals surface area contributed by atoms with Crippen LogP contribution in [0.5, 0.6) is 5.75 Å². The van der Waals surface area contributed by atoms with Gasteiger partial charge in [-0.25, -0.2) is 4.79 Å². The first-order chi connectivity index (χ1) is 10.1. The Morgan fingerprint density at radius 3 is 2.76 bits per heavy atom. The summed E-state index contributed by atoms with van der Waals surface area (Å²) in [5.74, 6) is 0.319. The highest BCUT2D eigenvalue weighted by molar-refractivity contribution is 5.74. The van der Waals surface area contributed by atoms with Crippen LogP contribution < -0.4 is 10.1 Å². The molecule has 0 amide bonds. The lowest BCUT2D eigenvalue weighted by molar-refractivity contribution is -0.147. The number of piperazine rings is 1. The van der Waals surface area contributed by atoms with Gasteiger partial charge in [0.25, 0.3) is 0 Å². The molecular formula is C16H24N2O3. The van der Waals surface area contributed by atoms with Gasteiger partial charge >= 0.3 is 5.97 Å². The quantitative estimate of drug-likeness (QED) is 0.832. The number of benzene rings is 1. The Balaban J connectivity index is 1.88. The molecule has 2 rings (SSSR count). The van der Waals surface area contributed by atoms with Gasteiger partial charge in [-0.1, -0.05) is 12.1 Å². The smallest absolute Gasteiger partial charge is 0.346 e. The average molecular weight is 292 g/mol. The van der Waals surface area contributed by atoms with Gasteiger partial charge in [0.05, 0.1) is 7.11 Å². The number of carbonyl (C=O) groups excluding carboxylic acids is 1. The highest BCUT2D eigenvalue weighted by atomic mass is 16.6. The van der Waals surface area contributed by atoms with Crippen LogP contribution in [0.3, 0.4) is 0 Å². The zero-order valence-electron chi connectivity index (χ0n) is 13.0. The van der Waals surface area contributed by atoms with Crippen molar-refractivity contribution in [2.75, 3.05) is 26.7 Å². The molecule has 1 aliphatic rings. The monoisotopic (exact) mass is 292 g/mol. The Kier molecular flexibility index (Phi) is 5.59. The van der Waals surface area contributed by atoms with Crippen molar-refractivity contribution in [3.63, 3.8) is 0 Å². The van der Waals surface area contributed by atoms with E-state index in [1.165, 1.54) is 12.7 Å². The first-order valence-corrected chi connectivity index (χ1v) is 7.37. The van der Waals surface area contributed by atoms with Crippen molar-refractivity contribution in [3.05, 3.63) is 29.8 Å². The van der Waals surface area contributed by atoms with E-state index in [1.54, 1.807) is 6.92 Å². The van der Waals surface area contributed by atoms with E-state index in [4.69, 9.17) is 4.74 Å². The van der Waals surface area contributed by atoms with Gasteiger partial charge in [0, 0.05) is 32.2 Å². The van der Waals surface area contributed by atoms with Crippen LogP contribution in [0.1, 0.15) is 19.4 Å². The van der Waals surface area contributed by atoms with Gasteiger partial charge in [0.1, 0.15) is 5.75 Å². The van der Waals surface area contributed by atoms with Crippen molar-refractivity contribution >= 4 is 5.97 Å². The van der Waals surface area contributed by atoms with E-state index in [0.29, 0.717) is 11.8 Å². The fourth-order valence-corrected chi connectivity index (χ4v) is 2.51. The molecule has 0 radical (unpaired) electrons. The van der Waals surface area contributed by atoms with Gasteiger partial charge in [-0.3, -0.25) is 4.90 Å². The van der Waals surface area contributed by atoms with Crippen molar-refractivity contribution in [2.45, 2.75) is 32.5 Å². The second-order valence-electron chi connectivity index (χ2n) is 5.52. The van der Waals surface area contributed by atoms with Crippen LogP contribution in [0.4, 0.5) is 0 Å². The number of nitrogens with zero attached hydrogens (tertiary/aromatic N) is 1. The summed E-state index contributed by atoms with van der Waals surface area (Å²) in [5.41, 5.74) is 1.25. The Labute approximate surface area is 126 Å². The zero-order chi connectivity index (χ0) is 15.2. The van der Waals surface area contributed by atoms with Gasteiger partial charge in [-0.05, 0) is 31.5 Å². The number of hydrogen-bond acceptors (Lipinski definition) is 5. The van der Waals surface area contributed by atoms with Gasteiger partial charge < -0.3 is 14.8 Å². The van der Waals surface area contributed by atoms with E-state index < -0.39 is 6.10 Å². The fourth-order valence-electron chi connectivity index (χ4n) is 2.51. The number of methoxy groups -OCH3 is 1. The van der Waals surface area contributed by atoms with Crippen LogP contribution in [0.25, 0.3) is 0 Å². The molecule has 1 aromatic rings. The van der Waals surface area contributed by atoms with Crippen LogP contribution in [0.15, 0.2) is 24.3 Å². The Morgan fingerprint density at radius 2 is 2.14 bits per heavy atom. The summed E-state index contributed by atoms with van der Waals surface area (Å²) in [4.78, 5) is 13.8. The van der Waals surface area contributed by atoms with Gasteiger partial charge in [-0.2, -0.15) is 0 Å². The molecule has 5 nitrogen and oxygen atoms in total. The maximum absolute atomic E-state index is 11.3. The summed E-state index contributed by atoms with van der Waals surface area (Å²) in [6, 6.07) is 8.45. The van der Waals surface area contributed by atoms with E-state index in [9.17, 15) is 4.79 Å². The lowest BCUT2D eigenvalue weighted by Crippen LogP contribution is -2.48. The average Bonchev–Trinajstić information content (AvgIpc) is 2.48. The number of rotatable bonds is 5. The topological polar surface area (TPSA) is 50.8 Å². The molecule has 1 saturated heterocycles. The minimum Gasteiger partial charge on any atom is -0.479 e. The van der Waals surface area contributed by atoms with Crippen molar-refractivity contribution in [1.29, 1.82) is 0 Å².